The maximum absolute atomic E-state index is 11.7. The molecule has 0 saturated heterocycles. The second-order valence-electron chi connectivity index (χ2n) is 5.69. The lowest BCUT2D eigenvalue weighted by Crippen LogP contribution is -2.30. The molecule has 1 aromatic heterocycles. The third kappa shape index (κ3) is 3.20. The lowest BCUT2D eigenvalue weighted by molar-refractivity contribution is 0.0844. The zero-order valence-electron chi connectivity index (χ0n) is 11.7. The Morgan fingerprint density at radius 2 is 2.05 bits per heavy atom. The zero-order chi connectivity index (χ0) is 14.2. The molecular formula is C14H22O4S. The summed E-state index contributed by atoms with van der Waals surface area (Å²) in [6.07, 6.45) is 3.66. The van der Waals surface area contributed by atoms with Crippen LogP contribution in [0.25, 0.3) is 0 Å². The van der Waals surface area contributed by atoms with Gasteiger partial charge in [-0.25, -0.2) is 8.42 Å². The van der Waals surface area contributed by atoms with Crippen LogP contribution in [0.15, 0.2) is 10.5 Å². The number of hydrogen-bond acceptors (Lipinski definition) is 4. The average Bonchev–Trinajstić information content (AvgIpc) is 2.66. The minimum Gasteiger partial charge on any atom is -0.466 e. The van der Waals surface area contributed by atoms with Crippen LogP contribution in [-0.4, -0.2) is 25.0 Å². The van der Waals surface area contributed by atoms with Crippen LogP contribution in [0.3, 0.4) is 0 Å². The Bertz CT molecular complexity index is 544. The summed E-state index contributed by atoms with van der Waals surface area (Å²) in [4.78, 5) is 0. The van der Waals surface area contributed by atoms with Crippen LogP contribution in [0.4, 0.5) is 0 Å². The highest BCUT2D eigenvalue weighted by molar-refractivity contribution is 7.91. The van der Waals surface area contributed by atoms with Gasteiger partial charge in [-0.3, -0.25) is 0 Å². The van der Waals surface area contributed by atoms with E-state index in [1.165, 1.54) is 6.26 Å². The molecule has 1 aliphatic carbocycles. The van der Waals surface area contributed by atoms with Gasteiger partial charge < -0.3 is 9.52 Å². The summed E-state index contributed by atoms with van der Waals surface area (Å²) < 4.78 is 28.8. The Morgan fingerprint density at radius 3 is 2.58 bits per heavy atom. The lowest BCUT2D eigenvalue weighted by atomic mass is 9.82. The molecule has 108 valence electrons. The minimum absolute atomic E-state index is 0.00387. The third-order valence-corrected chi connectivity index (χ3v) is 5.76. The van der Waals surface area contributed by atoms with Gasteiger partial charge in [0.05, 0.1) is 11.4 Å². The molecule has 2 rings (SSSR count). The first-order valence-corrected chi connectivity index (χ1v) is 8.68. The number of furan rings is 1. The van der Waals surface area contributed by atoms with Crippen LogP contribution < -0.4 is 0 Å². The van der Waals surface area contributed by atoms with E-state index in [0.29, 0.717) is 12.8 Å². The molecule has 0 radical (unpaired) electrons. The minimum atomic E-state index is -3.01. The topological polar surface area (TPSA) is 67.5 Å². The number of aliphatic hydroxyl groups excluding tert-OH is 1. The zero-order valence-corrected chi connectivity index (χ0v) is 12.5. The van der Waals surface area contributed by atoms with E-state index in [9.17, 15) is 13.5 Å². The molecule has 1 N–H and O–H groups in total. The molecule has 3 atom stereocenters. The summed E-state index contributed by atoms with van der Waals surface area (Å²) in [5.74, 6) is 1.51. The summed E-state index contributed by atoms with van der Waals surface area (Å²) in [7, 11) is -3.01. The third-order valence-electron chi connectivity index (χ3n) is 4.12. The van der Waals surface area contributed by atoms with Crippen molar-refractivity contribution in [1.29, 1.82) is 0 Å². The molecule has 1 aliphatic rings. The highest BCUT2D eigenvalue weighted by atomic mass is 32.2. The molecule has 1 aromatic rings. The number of rotatable bonds is 3. The highest BCUT2D eigenvalue weighted by Gasteiger charge is 2.34. The second-order valence-corrected chi connectivity index (χ2v) is 8.02. The summed E-state index contributed by atoms with van der Waals surface area (Å²) in [5.41, 5.74) is 0.802. The van der Waals surface area contributed by atoms with Crippen LogP contribution >= 0.6 is 0 Å². The quantitative estimate of drug-likeness (QED) is 0.927. The fourth-order valence-corrected chi connectivity index (χ4v) is 4.25. The predicted octanol–water partition coefficient (Wildman–Crippen LogP) is 2.53. The standard InChI is InChI=1S/C14H22O4S/c1-9-7-13(10(2)18-9)14(15)11-5-4-6-12(8-11)19(3,16)17/h7,11-12,14-15H,4-6,8H2,1-3H3. The first-order valence-electron chi connectivity index (χ1n) is 6.73. The van der Waals surface area contributed by atoms with E-state index in [4.69, 9.17) is 4.42 Å². The van der Waals surface area contributed by atoms with E-state index >= 15 is 0 Å². The summed E-state index contributed by atoms with van der Waals surface area (Å²) >= 11 is 0. The molecule has 3 unspecified atom stereocenters. The molecular weight excluding hydrogens is 264 g/mol. The van der Waals surface area contributed by atoms with Gasteiger partial charge in [-0.2, -0.15) is 0 Å². The number of aliphatic hydroxyl groups is 1. The van der Waals surface area contributed by atoms with Gasteiger partial charge in [-0.15, -0.1) is 0 Å². The highest BCUT2D eigenvalue weighted by Crippen LogP contribution is 2.38. The van der Waals surface area contributed by atoms with Gasteiger partial charge in [-0.05, 0) is 45.1 Å². The number of aryl methyl sites for hydroxylation is 2. The molecule has 0 aliphatic heterocycles. The van der Waals surface area contributed by atoms with Gasteiger partial charge in [0.25, 0.3) is 0 Å². The number of hydrogen-bond donors (Lipinski definition) is 1. The largest absolute Gasteiger partial charge is 0.466 e. The second kappa shape index (κ2) is 5.29. The maximum atomic E-state index is 11.7. The Balaban J connectivity index is 2.15. The Labute approximate surface area is 114 Å². The first-order chi connectivity index (χ1) is 8.79. The van der Waals surface area contributed by atoms with Gasteiger partial charge in [0, 0.05) is 11.8 Å². The Kier molecular flexibility index (Phi) is 4.06. The fourth-order valence-electron chi connectivity index (χ4n) is 3.05. The molecule has 0 spiro atoms. The van der Waals surface area contributed by atoms with E-state index in [0.717, 1.165) is 29.9 Å². The van der Waals surface area contributed by atoms with E-state index < -0.39 is 15.9 Å². The van der Waals surface area contributed by atoms with Crippen molar-refractivity contribution in [3.63, 3.8) is 0 Å². The van der Waals surface area contributed by atoms with Gasteiger partial charge in [0.1, 0.15) is 21.4 Å². The van der Waals surface area contributed by atoms with Gasteiger partial charge in [-0.1, -0.05) is 6.42 Å². The molecule has 0 aromatic carbocycles. The SMILES string of the molecule is Cc1cc(C(O)C2CCCC(S(C)(=O)=O)C2)c(C)o1. The van der Waals surface area contributed by atoms with E-state index in [1.54, 1.807) is 0 Å². The molecule has 1 fully saturated rings. The van der Waals surface area contributed by atoms with Crippen molar-refractivity contribution < 1.29 is 17.9 Å². The molecule has 19 heavy (non-hydrogen) atoms. The smallest absolute Gasteiger partial charge is 0.150 e. The Morgan fingerprint density at radius 1 is 1.37 bits per heavy atom. The molecule has 0 bridgehead atoms. The van der Waals surface area contributed by atoms with Crippen molar-refractivity contribution in [2.24, 2.45) is 5.92 Å². The van der Waals surface area contributed by atoms with Crippen molar-refractivity contribution in [3.05, 3.63) is 23.2 Å². The maximum Gasteiger partial charge on any atom is 0.150 e. The van der Waals surface area contributed by atoms with Crippen molar-refractivity contribution in [2.75, 3.05) is 6.26 Å². The van der Waals surface area contributed by atoms with E-state index in [-0.39, 0.29) is 11.2 Å². The van der Waals surface area contributed by atoms with Crippen LogP contribution in [0, 0.1) is 19.8 Å². The molecule has 1 saturated carbocycles. The summed E-state index contributed by atoms with van der Waals surface area (Å²) in [6.45, 7) is 3.69. The monoisotopic (exact) mass is 286 g/mol. The van der Waals surface area contributed by atoms with Crippen LogP contribution in [0.2, 0.25) is 0 Å². The molecule has 0 amide bonds. The van der Waals surface area contributed by atoms with Gasteiger partial charge in [0.2, 0.25) is 0 Å². The Hall–Kier alpha value is -0.810. The van der Waals surface area contributed by atoms with Crippen LogP contribution in [-0.2, 0) is 9.84 Å². The average molecular weight is 286 g/mol. The van der Waals surface area contributed by atoms with Crippen LogP contribution in [0.1, 0.15) is 48.9 Å². The normalized spacial score (nSPS) is 26.3. The summed E-state index contributed by atoms with van der Waals surface area (Å²) in [5, 5.41) is 10.2. The summed E-state index contributed by atoms with van der Waals surface area (Å²) in [6, 6.07) is 1.85. The predicted molar refractivity (Wildman–Crippen MR) is 73.7 cm³/mol. The lowest BCUT2D eigenvalue weighted by Gasteiger charge is -2.31. The number of sulfone groups is 1. The molecule has 1 heterocycles. The molecule has 5 heteroatoms. The van der Waals surface area contributed by atoms with Crippen molar-refractivity contribution in [3.8, 4) is 0 Å². The van der Waals surface area contributed by atoms with Gasteiger partial charge in [0.15, 0.2) is 0 Å². The van der Waals surface area contributed by atoms with E-state index in [1.807, 2.05) is 19.9 Å². The van der Waals surface area contributed by atoms with Crippen molar-refractivity contribution in [2.45, 2.75) is 50.9 Å². The van der Waals surface area contributed by atoms with Crippen molar-refractivity contribution >= 4 is 9.84 Å². The van der Waals surface area contributed by atoms with Crippen LogP contribution in [0.5, 0.6) is 0 Å². The first kappa shape index (κ1) is 14.6. The van der Waals surface area contributed by atoms with Crippen molar-refractivity contribution in [1.82, 2.24) is 0 Å². The fraction of sp³-hybridized carbons (Fsp3) is 0.714. The molecule has 4 nitrogen and oxygen atoms in total. The van der Waals surface area contributed by atoms with Gasteiger partial charge >= 0.3 is 0 Å². The van der Waals surface area contributed by atoms with E-state index in [2.05, 4.69) is 0 Å².